The molecule has 1 saturated carbocycles. The van der Waals surface area contributed by atoms with Gasteiger partial charge in [-0.15, -0.1) is 23.2 Å². The van der Waals surface area contributed by atoms with Crippen LogP contribution in [0.15, 0.2) is 0 Å². The van der Waals surface area contributed by atoms with Crippen LogP contribution in [0.1, 0.15) is 26.2 Å². The molecule has 0 aromatic carbocycles. The summed E-state index contributed by atoms with van der Waals surface area (Å²) in [4.78, 5) is 11.8. The fourth-order valence-corrected chi connectivity index (χ4v) is 2.74. The molecule has 5 heteroatoms. The number of hydrogen-bond acceptors (Lipinski definition) is 2. The molecule has 1 aliphatic carbocycles. The molecule has 0 aromatic heterocycles. The molecular formula is C11H17Cl2NO2. The number of amides is 1. The van der Waals surface area contributed by atoms with E-state index in [1.807, 2.05) is 6.92 Å². The molecule has 2 aliphatic rings. The van der Waals surface area contributed by atoms with Crippen molar-refractivity contribution >= 4 is 29.1 Å². The molecular weight excluding hydrogens is 249 g/mol. The Morgan fingerprint density at radius 3 is 2.75 bits per heavy atom. The van der Waals surface area contributed by atoms with E-state index < -0.39 is 4.33 Å². The predicted octanol–water partition coefficient (Wildman–Crippen LogP) is 2.11. The maximum atomic E-state index is 11.8. The number of nitrogens with one attached hydrogen (secondary N) is 1. The van der Waals surface area contributed by atoms with Gasteiger partial charge in [0.15, 0.2) is 0 Å². The minimum absolute atomic E-state index is 0.00356. The molecule has 92 valence electrons. The van der Waals surface area contributed by atoms with Gasteiger partial charge in [-0.2, -0.15) is 0 Å². The summed E-state index contributed by atoms with van der Waals surface area (Å²) in [5, 5.41) is 2.92. The van der Waals surface area contributed by atoms with Crippen molar-refractivity contribution < 1.29 is 9.53 Å². The van der Waals surface area contributed by atoms with Gasteiger partial charge in [0.1, 0.15) is 4.33 Å². The summed E-state index contributed by atoms with van der Waals surface area (Å²) in [6.07, 6.45) is 2.62. The van der Waals surface area contributed by atoms with E-state index in [2.05, 4.69) is 5.32 Å². The van der Waals surface area contributed by atoms with Crippen molar-refractivity contribution in [2.75, 3.05) is 19.8 Å². The molecule has 2 rings (SSSR count). The molecule has 2 atom stereocenters. The smallest absolute Gasteiger partial charge is 0.225 e. The molecule has 1 saturated heterocycles. The van der Waals surface area contributed by atoms with Crippen LogP contribution in [0.4, 0.5) is 0 Å². The Balaban J connectivity index is 1.76. The van der Waals surface area contributed by atoms with E-state index in [1.54, 1.807) is 0 Å². The summed E-state index contributed by atoms with van der Waals surface area (Å²) >= 11 is 12.0. The maximum Gasteiger partial charge on any atom is 0.225 e. The van der Waals surface area contributed by atoms with Gasteiger partial charge in [0.2, 0.25) is 5.91 Å². The van der Waals surface area contributed by atoms with Gasteiger partial charge in [0.25, 0.3) is 0 Å². The van der Waals surface area contributed by atoms with E-state index in [1.165, 1.54) is 0 Å². The van der Waals surface area contributed by atoms with Gasteiger partial charge in [-0.1, -0.05) is 6.92 Å². The fourth-order valence-electron chi connectivity index (χ4n) is 2.01. The van der Waals surface area contributed by atoms with Crippen molar-refractivity contribution in [3.8, 4) is 0 Å². The van der Waals surface area contributed by atoms with Crippen LogP contribution >= 0.6 is 23.2 Å². The highest BCUT2D eigenvalue weighted by Crippen LogP contribution is 2.63. The van der Waals surface area contributed by atoms with Gasteiger partial charge in [0, 0.05) is 18.6 Å². The maximum absolute atomic E-state index is 11.8. The van der Waals surface area contributed by atoms with Gasteiger partial charge in [-0.3, -0.25) is 4.79 Å². The number of halogens is 2. The number of carbonyl (C=O) groups is 1. The van der Waals surface area contributed by atoms with Crippen LogP contribution in [0, 0.1) is 11.3 Å². The van der Waals surface area contributed by atoms with Crippen molar-refractivity contribution in [1.82, 2.24) is 5.32 Å². The third kappa shape index (κ3) is 2.47. The van der Waals surface area contributed by atoms with Gasteiger partial charge < -0.3 is 10.1 Å². The van der Waals surface area contributed by atoms with E-state index in [0.717, 1.165) is 25.9 Å². The number of ether oxygens (including phenoxy) is 1. The Labute approximate surface area is 106 Å². The van der Waals surface area contributed by atoms with Crippen LogP contribution < -0.4 is 5.32 Å². The summed E-state index contributed by atoms with van der Waals surface area (Å²) in [6.45, 7) is 3.85. The van der Waals surface area contributed by atoms with Crippen molar-refractivity contribution in [1.29, 1.82) is 0 Å². The standard InChI is InChI=1S/C11H17Cl2NO2/c1-10(6-11(10,12)13)7-14-9(15)8-3-2-4-16-5-8/h8H,2-7H2,1H3,(H,14,15). The molecule has 0 radical (unpaired) electrons. The van der Waals surface area contributed by atoms with E-state index in [0.29, 0.717) is 13.2 Å². The number of hydrogen-bond donors (Lipinski definition) is 1. The number of carbonyl (C=O) groups excluding carboxylic acids is 1. The van der Waals surface area contributed by atoms with Gasteiger partial charge in [-0.25, -0.2) is 0 Å². The van der Waals surface area contributed by atoms with Crippen LogP contribution in [0.25, 0.3) is 0 Å². The first-order chi connectivity index (χ1) is 7.45. The Bertz CT molecular complexity index is 290. The van der Waals surface area contributed by atoms with Gasteiger partial charge in [0.05, 0.1) is 12.5 Å². The highest BCUT2D eigenvalue weighted by Gasteiger charge is 2.62. The van der Waals surface area contributed by atoms with Crippen LogP contribution in [0.2, 0.25) is 0 Å². The van der Waals surface area contributed by atoms with Crippen molar-refractivity contribution in [2.24, 2.45) is 11.3 Å². The van der Waals surface area contributed by atoms with Crippen molar-refractivity contribution in [3.05, 3.63) is 0 Å². The monoisotopic (exact) mass is 265 g/mol. The third-order valence-electron chi connectivity index (χ3n) is 3.55. The zero-order chi connectivity index (χ0) is 11.8. The number of rotatable bonds is 3. The first kappa shape index (κ1) is 12.5. The predicted molar refractivity (Wildman–Crippen MR) is 63.7 cm³/mol. The highest BCUT2D eigenvalue weighted by molar-refractivity contribution is 6.51. The Hall–Kier alpha value is 0.01000. The first-order valence-corrected chi connectivity index (χ1v) is 6.43. The summed E-state index contributed by atoms with van der Waals surface area (Å²) in [7, 11) is 0. The van der Waals surface area contributed by atoms with Crippen LogP contribution in [0.3, 0.4) is 0 Å². The summed E-state index contributed by atoms with van der Waals surface area (Å²) in [6, 6.07) is 0. The van der Waals surface area contributed by atoms with Gasteiger partial charge >= 0.3 is 0 Å². The fraction of sp³-hybridized carbons (Fsp3) is 0.909. The van der Waals surface area contributed by atoms with Gasteiger partial charge in [-0.05, 0) is 19.3 Å². The lowest BCUT2D eigenvalue weighted by atomic mass is 10.0. The Morgan fingerprint density at radius 2 is 2.25 bits per heavy atom. The molecule has 0 spiro atoms. The molecule has 1 aliphatic heterocycles. The normalized spacial score (nSPS) is 36.8. The zero-order valence-corrected chi connectivity index (χ0v) is 10.9. The van der Waals surface area contributed by atoms with Crippen LogP contribution in [0.5, 0.6) is 0 Å². The Kier molecular flexibility index (Phi) is 3.39. The summed E-state index contributed by atoms with van der Waals surface area (Å²) in [5.74, 6) is 0.0631. The Morgan fingerprint density at radius 1 is 1.56 bits per heavy atom. The summed E-state index contributed by atoms with van der Waals surface area (Å²) in [5.41, 5.74) is -0.165. The quantitative estimate of drug-likeness (QED) is 0.794. The molecule has 2 unspecified atom stereocenters. The third-order valence-corrected chi connectivity index (χ3v) is 4.73. The lowest BCUT2D eigenvalue weighted by molar-refractivity contribution is -0.129. The van der Waals surface area contributed by atoms with E-state index in [4.69, 9.17) is 27.9 Å². The second kappa shape index (κ2) is 4.35. The minimum atomic E-state index is -0.663. The van der Waals surface area contributed by atoms with Crippen molar-refractivity contribution in [3.63, 3.8) is 0 Å². The minimum Gasteiger partial charge on any atom is -0.381 e. The van der Waals surface area contributed by atoms with E-state index in [-0.39, 0.29) is 17.2 Å². The van der Waals surface area contributed by atoms with Crippen LogP contribution in [-0.4, -0.2) is 30.0 Å². The molecule has 0 aromatic rings. The van der Waals surface area contributed by atoms with E-state index >= 15 is 0 Å². The highest BCUT2D eigenvalue weighted by atomic mass is 35.5. The van der Waals surface area contributed by atoms with E-state index in [9.17, 15) is 4.79 Å². The molecule has 1 N–H and O–H groups in total. The van der Waals surface area contributed by atoms with Crippen LogP contribution in [-0.2, 0) is 9.53 Å². The second-order valence-electron chi connectivity index (χ2n) is 5.07. The zero-order valence-electron chi connectivity index (χ0n) is 9.39. The average molecular weight is 266 g/mol. The second-order valence-corrected chi connectivity index (χ2v) is 6.56. The van der Waals surface area contributed by atoms with Crippen molar-refractivity contribution in [2.45, 2.75) is 30.5 Å². The first-order valence-electron chi connectivity index (χ1n) is 5.68. The summed E-state index contributed by atoms with van der Waals surface area (Å²) < 4.78 is 4.62. The topological polar surface area (TPSA) is 38.3 Å². The molecule has 1 amide bonds. The lowest BCUT2D eigenvalue weighted by Crippen LogP contribution is -2.38. The molecule has 3 nitrogen and oxygen atoms in total. The average Bonchev–Trinajstić information content (AvgIpc) is 2.76. The molecule has 16 heavy (non-hydrogen) atoms. The largest absolute Gasteiger partial charge is 0.381 e. The molecule has 0 bridgehead atoms. The number of alkyl halides is 2. The molecule has 2 fully saturated rings. The molecule has 1 heterocycles. The lowest BCUT2D eigenvalue weighted by Gasteiger charge is -2.22. The SMILES string of the molecule is CC1(CNC(=O)C2CCCOC2)CC1(Cl)Cl.